The fraction of sp³-hybridized carbons (Fsp3) is 0.100. The summed E-state index contributed by atoms with van der Waals surface area (Å²) in [6.07, 6.45) is 0.921. The molecule has 130 valence electrons. The Kier molecular flexibility index (Phi) is 3.88. The summed E-state index contributed by atoms with van der Waals surface area (Å²) >= 11 is 0. The summed E-state index contributed by atoms with van der Waals surface area (Å²) in [4.78, 5) is 18.7. The number of hydrogen-bond donors (Lipinski definition) is 1. The van der Waals surface area contributed by atoms with E-state index in [2.05, 4.69) is 10.3 Å². The highest BCUT2D eigenvalue weighted by molar-refractivity contribution is 6.11. The molecule has 4 rings (SSSR count). The zero-order chi connectivity index (χ0) is 18.3. The van der Waals surface area contributed by atoms with E-state index in [1.54, 1.807) is 36.5 Å². The molecule has 0 radical (unpaired) electrons. The molecule has 0 aliphatic carbocycles. The smallest absolute Gasteiger partial charge is 0.261 e. The van der Waals surface area contributed by atoms with Crippen molar-refractivity contribution in [3.05, 3.63) is 89.1 Å². The predicted octanol–water partition coefficient (Wildman–Crippen LogP) is 4.44. The SMILES string of the molecule is Cc1ccnc(N2C(=O)c3ccccc3[C@H]2Nc2cc(F)ccc2F)c1. The molecule has 1 atom stereocenters. The Hall–Kier alpha value is -3.28. The molecule has 6 heteroatoms. The summed E-state index contributed by atoms with van der Waals surface area (Å²) in [5.74, 6) is -0.958. The number of anilines is 2. The van der Waals surface area contributed by atoms with Crippen LogP contribution >= 0.6 is 0 Å². The first-order valence-electron chi connectivity index (χ1n) is 8.11. The second-order valence-electron chi connectivity index (χ2n) is 6.12. The molecule has 4 nitrogen and oxygen atoms in total. The number of amides is 1. The lowest BCUT2D eigenvalue weighted by atomic mass is 10.1. The van der Waals surface area contributed by atoms with E-state index < -0.39 is 17.8 Å². The Morgan fingerprint density at radius 3 is 2.69 bits per heavy atom. The van der Waals surface area contributed by atoms with Crippen LogP contribution in [0.5, 0.6) is 0 Å². The lowest BCUT2D eigenvalue weighted by Crippen LogP contribution is -2.33. The molecule has 0 saturated heterocycles. The minimum atomic E-state index is -0.690. The highest BCUT2D eigenvalue weighted by Crippen LogP contribution is 2.37. The van der Waals surface area contributed by atoms with Crippen molar-refractivity contribution in [1.82, 2.24) is 4.98 Å². The van der Waals surface area contributed by atoms with Crippen LogP contribution < -0.4 is 10.2 Å². The maximum atomic E-state index is 14.1. The van der Waals surface area contributed by atoms with Crippen LogP contribution in [0.1, 0.15) is 27.7 Å². The average molecular weight is 351 g/mol. The molecule has 1 aromatic heterocycles. The van der Waals surface area contributed by atoms with Gasteiger partial charge in [0.25, 0.3) is 5.91 Å². The van der Waals surface area contributed by atoms with Crippen molar-refractivity contribution in [2.45, 2.75) is 13.1 Å². The maximum Gasteiger partial charge on any atom is 0.261 e. The molecule has 2 heterocycles. The van der Waals surface area contributed by atoms with Gasteiger partial charge < -0.3 is 5.32 Å². The fourth-order valence-electron chi connectivity index (χ4n) is 3.10. The third-order valence-electron chi connectivity index (χ3n) is 4.33. The summed E-state index contributed by atoms with van der Waals surface area (Å²) in [5, 5.41) is 2.95. The molecular formula is C20H15F2N3O. The standard InChI is InChI=1S/C20H15F2N3O/c1-12-8-9-23-18(10-12)25-19(14-4-2-3-5-15(14)20(25)26)24-17-11-13(21)6-7-16(17)22/h2-11,19,24H,1H3/t19-/m0/s1. The lowest BCUT2D eigenvalue weighted by molar-refractivity contribution is 0.0992. The van der Waals surface area contributed by atoms with Gasteiger partial charge in [-0.25, -0.2) is 13.8 Å². The first kappa shape index (κ1) is 16.2. The van der Waals surface area contributed by atoms with Crippen molar-refractivity contribution in [2.24, 2.45) is 0 Å². The van der Waals surface area contributed by atoms with Gasteiger partial charge in [-0.3, -0.25) is 9.69 Å². The summed E-state index contributed by atoms with van der Waals surface area (Å²) in [6.45, 7) is 1.90. The van der Waals surface area contributed by atoms with Gasteiger partial charge in [0.1, 0.15) is 23.6 Å². The predicted molar refractivity (Wildman–Crippen MR) is 94.9 cm³/mol. The highest BCUT2D eigenvalue weighted by Gasteiger charge is 2.38. The van der Waals surface area contributed by atoms with Gasteiger partial charge in [0.2, 0.25) is 0 Å². The number of hydrogen-bond acceptors (Lipinski definition) is 3. The van der Waals surface area contributed by atoms with Crippen LogP contribution in [-0.4, -0.2) is 10.9 Å². The van der Waals surface area contributed by atoms with Gasteiger partial charge in [0, 0.05) is 23.4 Å². The van der Waals surface area contributed by atoms with Gasteiger partial charge in [0.15, 0.2) is 0 Å². The minimum absolute atomic E-state index is 0.0165. The van der Waals surface area contributed by atoms with E-state index >= 15 is 0 Å². The zero-order valence-corrected chi connectivity index (χ0v) is 13.9. The van der Waals surface area contributed by atoms with E-state index in [1.807, 2.05) is 13.0 Å². The zero-order valence-electron chi connectivity index (χ0n) is 13.9. The van der Waals surface area contributed by atoms with Crippen molar-refractivity contribution in [2.75, 3.05) is 10.2 Å². The Bertz CT molecular complexity index is 1010. The van der Waals surface area contributed by atoms with E-state index in [0.717, 1.165) is 23.8 Å². The van der Waals surface area contributed by atoms with Gasteiger partial charge in [-0.15, -0.1) is 0 Å². The van der Waals surface area contributed by atoms with Gasteiger partial charge >= 0.3 is 0 Å². The topological polar surface area (TPSA) is 45.2 Å². The third-order valence-corrected chi connectivity index (χ3v) is 4.33. The average Bonchev–Trinajstić information content (AvgIpc) is 2.91. The van der Waals surface area contributed by atoms with Crippen molar-refractivity contribution in [3.8, 4) is 0 Å². The largest absolute Gasteiger partial charge is 0.359 e. The Morgan fingerprint density at radius 1 is 1.08 bits per heavy atom. The second-order valence-corrected chi connectivity index (χ2v) is 6.12. The van der Waals surface area contributed by atoms with Crippen molar-refractivity contribution in [1.29, 1.82) is 0 Å². The number of aryl methyl sites for hydroxylation is 1. The van der Waals surface area contributed by atoms with E-state index in [0.29, 0.717) is 16.9 Å². The molecule has 3 aromatic rings. The molecule has 0 bridgehead atoms. The third kappa shape index (κ3) is 2.69. The number of rotatable bonds is 3. The molecule has 0 unspecified atom stereocenters. The van der Waals surface area contributed by atoms with E-state index in [1.165, 1.54) is 4.90 Å². The number of nitrogens with zero attached hydrogens (tertiary/aromatic N) is 2. The highest BCUT2D eigenvalue weighted by atomic mass is 19.1. The molecule has 26 heavy (non-hydrogen) atoms. The number of aromatic nitrogens is 1. The first-order valence-corrected chi connectivity index (χ1v) is 8.11. The second kappa shape index (κ2) is 6.22. The summed E-state index contributed by atoms with van der Waals surface area (Å²) in [6, 6.07) is 13.8. The normalized spacial score (nSPS) is 15.9. The number of nitrogens with one attached hydrogen (secondary N) is 1. The molecular weight excluding hydrogens is 336 g/mol. The number of fused-ring (bicyclic) bond motifs is 1. The van der Waals surface area contributed by atoms with Crippen LogP contribution in [0.3, 0.4) is 0 Å². The number of carbonyl (C=O) groups excluding carboxylic acids is 1. The van der Waals surface area contributed by atoms with E-state index in [9.17, 15) is 13.6 Å². The monoisotopic (exact) mass is 351 g/mol. The van der Waals surface area contributed by atoms with Crippen molar-refractivity contribution >= 4 is 17.4 Å². The summed E-state index contributed by atoms with van der Waals surface area (Å²) in [7, 11) is 0. The van der Waals surface area contributed by atoms with Gasteiger partial charge in [-0.1, -0.05) is 18.2 Å². The Labute approximate surface area is 149 Å². The van der Waals surface area contributed by atoms with Crippen molar-refractivity contribution < 1.29 is 13.6 Å². The van der Waals surface area contributed by atoms with Gasteiger partial charge in [-0.05, 0) is 42.8 Å². The maximum absolute atomic E-state index is 14.1. The molecule has 0 fully saturated rings. The first-order chi connectivity index (χ1) is 12.5. The summed E-state index contributed by atoms with van der Waals surface area (Å²) in [5.41, 5.74) is 2.11. The van der Waals surface area contributed by atoms with Crippen molar-refractivity contribution in [3.63, 3.8) is 0 Å². The van der Waals surface area contributed by atoms with Crippen LogP contribution in [0.2, 0.25) is 0 Å². The van der Waals surface area contributed by atoms with Crippen LogP contribution in [0.4, 0.5) is 20.3 Å². The van der Waals surface area contributed by atoms with Gasteiger partial charge in [-0.2, -0.15) is 0 Å². The minimum Gasteiger partial charge on any atom is -0.359 e. The number of benzene rings is 2. The quantitative estimate of drug-likeness (QED) is 0.759. The number of halogens is 2. The molecule has 1 amide bonds. The Balaban J connectivity index is 1.82. The number of pyridine rings is 1. The van der Waals surface area contributed by atoms with Gasteiger partial charge in [0.05, 0.1) is 5.69 Å². The molecule has 0 spiro atoms. The molecule has 1 aliphatic rings. The number of carbonyl (C=O) groups is 1. The summed E-state index contributed by atoms with van der Waals surface area (Å²) < 4.78 is 27.7. The van der Waals surface area contributed by atoms with Crippen LogP contribution in [0.25, 0.3) is 0 Å². The van der Waals surface area contributed by atoms with Crippen LogP contribution in [-0.2, 0) is 0 Å². The molecule has 1 aliphatic heterocycles. The van der Waals surface area contributed by atoms with E-state index in [4.69, 9.17) is 0 Å². The molecule has 1 N–H and O–H groups in total. The van der Waals surface area contributed by atoms with Crippen LogP contribution in [0.15, 0.2) is 60.8 Å². The Morgan fingerprint density at radius 2 is 1.88 bits per heavy atom. The lowest BCUT2D eigenvalue weighted by Gasteiger charge is -2.26. The molecule has 0 saturated carbocycles. The van der Waals surface area contributed by atoms with Crippen LogP contribution in [0, 0.1) is 18.6 Å². The van der Waals surface area contributed by atoms with E-state index in [-0.39, 0.29) is 11.6 Å². The molecule has 2 aromatic carbocycles. The fourth-order valence-corrected chi connectivity index (χ4v) is 3.10.